The Balaban J connectivity index is 2.12. The van der Waals surface area contributed by atoms with Crippen LogP contribution in [-0.4, -0.2) is 36.5 Å². The molecule has 1 atom stereocenters. The standard InChI is InChI=1S/C24H28N2O5S/c1-4-31-21-12-10-19-11-13-22(15-20(19)14-21)32(29,30)26(16-18-8-6-5-7-9-18)23(17(2)3)24(27)25-28/h5-15,17,23,28H,4,16H2,1-3H3,(H,25,27). The Morgan fingerprint density at radius 1 is 1.03 bits per heavy atom. The van der Waals surface area contributed by atoms with E-state index in [4.69, 9.17) is 4.74 Å². The number of hydroxylamine groups is 1. The topological polar surface area (TPSA) is 95.9 Å². The van der Waals surface area contributed by atoms with Gasteiger partial charge in [0.15, 0.2) is 0 Å². The van der Waals surface area contributed by atoms with Gasteiger partial charge in [0, 0.05) is 6.54 Å². The molecule has 8 heteroatoms. The van der Waals surface area contributed by atoms with Gasteiger partial charge in [-0.2, -0.15) is 4.31 Å². The van der Waals surface area contributed by atoms with Crippen molar-refractivity contribution in [3.63, 3.8) is 0 Å². The van der Waals surface area contributed by atoms with E-state index in [0.717, 1.165) is 15.3 Å². The normalized spacial score (nSPS) is 12.8. The zero-order valence-corrected chi connectivity index (χ0v) is 19.2. The molecule has 0 aliphatic heterocycles. The molecule has 1 amide bonds. The highest BCUT2D eigenvalue weighted by Crippen LogP contribution is 2.29. The second-order valence-corrected chi connectivity index (χ2v) is 9.70. The van der Waals surface area contributed by atoms with Gasteiger partial charge in [0.25, 0.3) is 5.91 Å². The van der Waals surface area contributed by atoms with E-state index in [1.807, 2.05) is 37.3 Å². The maximum Gasteiger partial charge on any atom is 0.262 e. The molecule has 0 aromatic heterocycles. The molecule has 0 bridgehead atoms. The van der Waals surface area contributed by atoms with E-state index in [1.54, 1.807) is 49.7 Å². The summed E-state index contributed by atoms with van der Waals surface area (Å²) in [4.78, 5) is 12.6. The Bertz CT molecular complexity index is 1180. The molecule has 3 aromatic carbocycles. The number of amides is 1. The monoisotopic (exact) mass is 456 g/mol. The van der Waals surface area contributed by atoms with Gasteiger partial charge in [-0.05, 0) is 53.4 Å². The maximum atomic E-state index is 13.8. The molecule has 0 saturated heterocycles. The number of hydrogen-bond donors (Lipinski definition) is 2. The summed E-state index contributed by atoms with van der Waals surface area (Å²) < 4.78 is 34.3. The molecule has 0 heterocycles. The van der Waals surface area contributed by atoms with E-state index in [9.17, 15) is 18.4 Å². The Morgan fingerprint density at radius 2 is 1.72 bits per heavy atom. The van der Waals surface area contributed by atoms with Crippen LogP contribution >= 0.6 is 0 Å². The molecule has 0 aliphatic rings. The molecule has 0 fully saturated rings. The molecule has 3 aromatic rings. The fourth-order valence-electron chi connectivity index (χ4n) is 3.68. The zero-order valence-electron chi connectivity index (χ0n) is 18.4. The number of nitrogens with one attached hydrogen (secondary N) is 1. The van der Waals surface area contributed by atoms with Crippen LogP contribution in [0.5, 0.6) is 5.75 Å². The maximum absolute atomic E-state index is 13.8. The van der Waals surface area contributed by atoms with Crippen LogP contribution in [0, 0.1) is 5.92 Å². The molecule has 0 spiro atoms. The lowest BCUT2D eigenvalue weighted by molar-refractivity contribution is -0.134. The number of fused-ring (bicyclic) bond motifs is 1. The highest BCUT2D eigenvalue weighted by Gasteiger charge is 2.38. The van der Waals surface area contributed by atoms with Crippen molar-refractivity contribution in [1.29, 1.82) is 0 Å². The van der Waals surface area contributed by atoms with Gasteiger partial charge in [0.05, 0.1) is 11.5 Å². The van der Waals surface area contributed by atoms with Gasteiger partial charge < -0.3 is 4.74 Å². The molecule has 1 unspecified atom stereocenters. The van der Waals surface area contributed by atoms with E-state index < -0.39 is 22.0 Å². The van der Waals surface area contributed by atoms with Crippen LogP contribution in [0.15, 0.2) is 71.6 Å². The van der Waals surface area contributed by atoms with Crippen LogP contribution in [0.1, 0.15) is 26.3 Å². The summed E-state index contributed by atoms with van der Waals surface area (Å²) in [7, 11) is -4.09. The summed E-state index contributed by atoms with van der Waals surface area (Å²) in [5.74, 6) is -0.514. The molecule has 7 nitrogen and oxygen atoms in total. The minimum Gasteiger partial charge on any atom is -0.494 e. The molecule has 0 aliphatic carbocycles. The summed E-state index contributed by atoms with van der Waals surface area (Å²) >= 11 is 0. The smallest absolute Gasteiger partial charge is 0.262 e. The second kappa shape index (κ2) is 10.1. The Hall–Kier alpha value is -2.94. The summed E-state index contributed by atoms with van der Waals surface area (Å²) in [6.07, 6.45) is 0. The van der Waals surface area contributed by atoms with Crippen molar-refractivity contribution in [3.8, 4) is 5.75 Å². The number of ether oxygens (including phenoxy) is 1. The second-order valence-electron chi connectivity index (χ2n) is 7.80. The first kappa shape index (κ1) is 23.7. The number of carbonyl (C=O) groups excluding carboxylic acids is 1. The molecule has 0 saturated carbocycles. The number of benzene rings is 3. The minimum atomic E-state index is -4.09. The fraction of sp³-hybridized carbons (Fsp3) is 0.292. The highest BCUT2D eigenvalue weighted by atomic mass is 32.2. The largest absolute Gasteiger partial charge is 0.494 e. The van der Waals surface area contributed by atoms with Crippen LogP contribution in [-0.2, 0) is 21.4 Å². The van der Waals surface area contributed by atoms with E-state index in [2.05, 4.69) is 0 Å². The number of nitrogens with zero attached hydrogens (tertiary/aromatic N) is 1. The predicted octanol–water partition coefficient (Wildman–Crippen LogP) is 3.96. The first-order chi connectivity index (χ1) is 15.3. The molecule has 3 rings (SSSR count). The SMILES string of the molecule is CCOc1ccc2ccc(S(=O)(=O)N(Cc3ccccc3)C(C(=O)NO)C(C)C)cc2c1. The Labute approximate surface area is 188 Å². The van der Waals surface area contributed by atoms with Gasteiger partial charge in [-0.25, -0.2) is 13.9 Å². The van der Waals surface area contributed by atoms with Gasteiger partial charge in [0.2, 0.25) is 10.0 Å². The average molecular weight is 457 g/mol. The van der Waals surface area contributed by atoms with E-state index in [0.29, 0.717) is 17.7 Å². The van der Waals surface area contributed by atoms with Crippen molar-refractivity contribution in [2.75, 3.05) is 6.61 Å². The molecule has 0 radical (unpaired) electrons. The van der Waals surface area contributed by atoms with Crippen molar-refractivity contribution in [2.45, 2.75) is 38.3 Å². The number of hydrogen-bond acceptors (Lipinski definition) is 5. The Kier molecular flexibility index (Phi) is 7.50. The first-order valence-electron chi connectivity index (χ1n) is 10.4. The fourth-order valence-corrected chi connectivity index (χ4v) is 5.43. The van der Waals surface area contributed by atoms with Crippen molar-refractivity contribution >= 4 is 26.7 Å². The molecule has 32 heavy (non-hydrogen) atoms. The van der Waals surface area contributed by atoms with Crippen LogP contribution in [0.3, 0.4) is 0 Å². The number of rotatable bonds is 9. The Morgan fingerprint density at radius 3 is 2.34 bits per heavy atom. The predicted molar refractivity (Wildman–Crippen MR) is 123 cm³/mol. The molecular formula is C24H28N2O5S. The third-order valence-electron chi connectivity index (χ3n) is 5.20. The lowest BCUT2D eigenvalue weighted by Gasteiger charge is -2.32. The van der Waals surface area contributed by atoms with Gasteiger partial charge in [0.1, 0.15) is 11.8 Å². The van der Waals surface area contributed by atoms with Crippen molar-refractivity contribution in [3.05, 3.63) is 72.3 Å². The number of carbonyl (C=O) groups is 1. The summed E-state index contributed by atoms with van der Waals surface area (Å²) in [5.41, 5.74) is 2.35. The molecular weight excluding hydrogens is 428 g/mol. The van der Waals surface area contributed by atoms with Gasteiger partial charge in [-0.3, -0.25) is 10.0 Å². The zero-order chi connectivity index (χ0) is 23.3. The summed E-state index contributed by atoms with van der Waals surface area (Å²) in [6.45, 7) is 5.84. The van der Waals surface area contributed by atoms with Crippen molar-refractivity contribution in [2.24, 2.45) is 5.92 Å². The highest BCUT2D eigenvalue weighted by molar-refractivity contribution is 7.89. The van der Waals surface area contributed by atoms with Crippen LogP contribution < -0.4 is 10.2 Å². The summed E-state index contributed by atoms with van der Waals surface area (Å²) in [5, 5.41) is 10.9. The minimum absolute atomic E-state index is 0.0174. The van der Waals surface area contributed by atoms with E-state index in [1.165, 1.54) is 6.07 Å². The van der Waals surface area contributed by atoms with Crippen LogP contribution in [0.4, 0.5) is 0 Å². The number of sulfonamides is 1. The van der Waals surface area contributed by atoms with Gasteiger partial charge in [-0.15, -0.1) is 0 Å². The third kappa shape index (κ3) is 5.09. The molecule has 2 N–H and O–H groups in total. The lowest BCUT2D eigenvalue weighted by Crippen LogP contribution is -2.51. The van der Waals surface area contributed by atoms with Crippen LogP contribution in [0.2, 0.25) is 0 Å². The first-order valence-corrected chi connectivity index (χ1v) is 11.9. The van der Waals surface area contributed by atoms with Gasteiger partial charge >= 0.3 is 0 Å². The van der Waals surface area contributed by atoms with Crippen molar-refractivity contribution in [1.82, 2.24) is 9.79 Å². The molecule has 170 valence electrons. The van der Waals surface area contributed by atoms with Crippen LogP contribution in [0.25, 0.3) is 10.8 Å². The van der Waals surface area contributed by atoms with Gasteiger partial charge in [-0.1, -0.05) is 56.3 Å². The third-order valence-corrected chi connectivity index (χ3v) is 7.03. The lowest BCUT2D eigenvalue weighted by atomic mass is 10.0. The van der Waals surface area contributed by atoms with Crippen molar-refractivity contribution < 1.29 is 23.2 Å². The van der Waals surface area contributed by atoms with E-state index in [-0.39, 0.29) is 17.4 Å². The quantitative estimate of drug-likeness (QED) is 0.375. The average Bonchev–Trinajstić information content (AvgIpc) is 2.78. The summed E-state index contributed by atoms with van der Waals surface area (Å²) in [6, 6.07) is 18.3. The van der Waals surface area contributed by atoms with E-state index >= 15 is 0 Å².